The Morgan fingerprint density at radius 3 is 2.61 bits per heavy atom. The van der Waals surface area contributed by atoms with E-state index in [1.54, 1.807) is 42.6 Å². The van der Waals surface area contributed by atoms with Crippen LogP contribution in [0, 0.1) is 0 Å². The molecule has 0 fully saturated rings. The van der Waals surface area contributed by atoms with Gasteiger partial charge >= 0.3 is 6.03 Å². The van der Waals surface area contributed by atoms with Gasteiger partial charge in [0.2, 0.25) is 0 Å². The highest BCUT2D eigenvalue weighted by Gasteiger charge is 2.15. The number of para-hydroxylation sites is 1. The van der Waals surface area contributed by atoms with Crippen LogP contribution < -0.4 is 19.7 Å². The number of ether oxygens (including phenoxy) is 1. The molecular weight excluding hydrogens is 416 g/mol. The molecule has 0 aliphatic rings. The molecule has 0 saturated heterocycles. The second-order valence-corrected chi connectivity index (χ2v) is 6.79. The summed E-state index contributed by atoms with van der Waals surface area (Å²) in [4.78, 5) is 25.6. The summed E-state index contributed by atoms with van der Waals surface area (Å²) in [5.74, 6) is 1.07. The highest BCUT2D eigenvalue weighted by molar-refractivity contribution is 7.82. The number of carbonyl (C=O) groups is 1. The molecule has 3 N–H and O–H groups in total. The molecule has 0 saturated carbocycles. The molecule has 0 bridgehead atoms. The molecule has 4 aromatic rings. The van der Waals surface area contributed by atoms with Crippen LogP contribution in [0.25, 0.3) is 11.2 Å². The first-order valence-electron chi connectivity index (χ1n) is 9.16. The molecule has 10 heteroatoms. The van der Waals surface area contributed by atoms with Crippen LogP contribution in [0.2, 0.25) is 0 Å². The summed E-state index contributed by atoms with van der Waals surface area (Å²) in [5, 5.41) is 15.7. The van der Waals surface area contributed by atoms with Gasteiger partial charge < -0.3 is 20.5 Å². The number of thiol groups is 1. The molecule has 2 amide bonds. The molecule has 0 spiro atoms. The fourth-order valence-electron chi connectivity index (χ4n) is 2.78. The van der Waals surface area contributed by atoms with Gasteiger partial charge in [-0.25, -0.2) is 24.1 Å². The van der Waals surface area contributed by atoms with Crippen LogP contribution in [-0.4, -0.2) is 33.2 Å². The van der Waals surface area contributed by atoms with Crippen molar-refractivity contribution in [3.05, 3.63) is 66.9 Å². The predicted molar refractivity (Wildman–Crippen MR) is 122 cm³/mol. The lowest BCUT2D eigenvalue weighted by molar-refractivity contribution is 0.260. The van der Waals surface area contributed by atoms with Crippen molar-refractivity contribution in [3.63, 3.8) is 0 Å². The summed E-state index contributed by atoms with van der Waals surface area (Å²) in [6, 6.07) is 16.8. The number of phenolic OH excluding ortho intramolecular Hbond substituents is 1. The number of nitrogens with zero attached hydrogens (tertiary/aromatic N) is 4. The zero-order chi connectivity index (χ0) is 21.8. The minimum Gasteiger partial charge on any atom is -0.504 e. The zero-order valence-corrected chi connectivity index (χ0v) is 17.2. The van der Waals surface area contributed by atoms with Crippen LogP contribution >= 0.6 is 12.8 Å². The summed E-state index contributed by atoms with van der Waals surface area (Å²) >= 11 is 4.26. The predicted octanol–water partition coefficient (Wildman–Crippen LogP) is 4.37. The van der Waals surface area contributed by atoms with Crippen LogP contribution in [0.5, 0.6) is 11.5 Å². The van der Waals surface area contributed by atoms with E-state index >= 15 is 0 Å². The van der Waals surface area contributed by atoms with Crippen LogP contribution in [0.1, 0.15) is 0 Å². The van der Waals surface area contributed by atoms with Crippen LogP contribution in [0.3, 0.4) is 0 Å². The van der Waals surface area contributed by atoms with Gasteiger partial charge in [0.25, 0.3) is 0 Å². The first-order chi connectivity index (χ1) is 15.0. The maximum absolute atomic E-state index is 12.5. The van der Waals surface area contributed by atoms with E-state index in [0.717, 1.165) is 4.31 Å². The topological polar surface area (TPSA) is 112 Å². The van der Waals surface area contributed by atoms with Gasteiger partial charge in [0.1, 0.15) is 11.3 Å². The molecule has 4 rings (SSSR count). The number of phenols is 1. The Morgan fingerprint density at radius 2 is 1.87 bits per heavy atom. The molecule has 2 aromatic heterocycles. The van der Waals surface area contributed by atoms with E-state index in [0.29, 0.717) is 34.1 Å². The van der Waals surface area contributed by atoms with Crippen LogP contribution in [0.4, 0.5) is 27.8 Å². The van der Waals surface area contributed by atoms with Crippen molar-refractivity contribution in [1.29, 1.82) is 0 Å². The maximum Gasteiger partial charge on any atom is 0.337 e. The van der Waals surface area contributed by atoms with Crippen molar-refractivity contribution in [2.45, 2.75) is 0 Å². The molecule has 0 aliphatic carbocycles. The lowest BCUT2D eigenvalue weighted by Crippen LogP contribution is -2.27. The number of aromatic nitrogens is 3. The lowest BCUT2D eigenvalue weighted by atomic mass is 10.3. The minimum absolute atomic E-state index is 0.00296. The summed E-state index contributed by atoms with van der Waals surface area (Å²) in [7, 11) is 1.48. The van der Waals surface area contributed by atoms with Gasteiger partial charge in [-0.15, -0.1) is 0 Å². The molecule has 0 aliphatic heterocycles. The number of hydrogen-bond acceptors (Lipinski definition) is 8. The van der Waals surface area contributed by atoms with E-state index in [1.165, 1.54) is 13.2 Å². The van der Waals surface area contributed by atoms with Crippen molar-refractivity contribution < 1.29 is 14.6 Å². The molecule has 31 heavy (non-hydrogen) atoms. The molecular formula is C21H18N6O3S. The fraction of sp³-hybridized carbons (Fsp3) is 0.0476. The third-order valence-electron chi connectivity index (χ3n) is 4.28. The maximum atomic E-state index is 12.5. The molecule has 0 radical (unpaired) electrons. The molecule has 2 heterocycles. The fourth-order valence-corrected chi connectivity index (χ4v) is 2.94. The van der Waals surface area contributed by atoms with Crippen molar-refractivity contribution in [2.75, 3.05) is 22.0 Å². The van der Waals surface area contributed by atoms with Crippen LogP contribution in [-0.2, 0) is 0 Å². The molecule has 0 unspecified atom stereocenters. The number of methoxy groups -OCH3 is 1. The number of rotatable bonds is 5. The number of fused-ring (bicyclic) bond motifs is 1. The van der Waals surface area contributed by atoms with Crippen molar-refractivity contribution >= 4 is 53.0 Å². The Kier molecular flexibility index (Phi) is 5.72. The van der Waals surface area contributed by atoms with Gasteiger partial charge in [-0.2, -0.15) is 0 Å². The number of benzene rings is 2. The normalized spacial score (nSPS) is 10.5. The first-order valence-corrected chi connectivity index (χ1v) is 9.56. The molecule has 9 nitrogen and oxygen atoms in total. The third kappa shape index (κ3) is 4.59. The molecule has 156 valence electrons. The first kappa shape index (κ1) is 20.2. The van der Waals surface area contributed by atoms with Gasteiger partial charge in [-0.05, 0) is 36.4 Å². The number of hydrogen-bond donors (Lipinski definition) is 4. The van der Waals surface area contributed by atoms with E-state index in [4.69, 9.17) is 4.74 Å². The zero-order valence-electron chi connectivity index (χ0n) is 16.4. The Balaban J connectivity index is 1.55. The number of anilines is 4. The van der Waals surface area contributed by atoms with Crippen LogP contribution in [0.15, 0.2) is 66.9 Å². The van der Waals surface area contributed by atoms with E-state index in [-0.39, 0.29) is 11.6 Å². The number of amides is 2. The Labute approximate surface area is 183 Å². The van der Waals surface area contributed by atoms with Crippen molar-refractivity contribution in [3.8, 4) is 11.5 Å². The SMILES string of the molecule is COc1ccc(Nc2cnc3ccc(N(S)C(=O)Nc4ccccc4)nc3n2)cc1O. The van der Waals surface area contributed by atoms with E-state index < -0.39 is 6.03 Å². The highest BCUT2D eigenvalue weighted by atomic mass is 32.1. The van der Waals surface area contributed by atoms with Gasteiger partial charge in [0.05, 0.1) is 13.3 Å². The van der Waals surface area contributed by atoms with E-state index in [2.05, 4.69) is 38.4 Å². The second kappa shape index (κ2) is 8.76. The number of aromatic hydroxyl groups is 1. The summed E-state index contributed by atoms with van der Waals surface area (Å²) in [5.41, 5.74) is 2.12. The number of nitrogens with one attached hydrogen (secondary N) is 2. The van der Waals surface area contributed by atoms with Crippen molar-refractivity contribution in [1.82, 2.24) is 15.0 Å². The molecule has 2 aromatic carbocycles. The summed E-state index contributed by atoms with van der Waals surface area (Å²) < 4.78 is 6.13. The average Bonchev–Trinajstić information content (AvgIpc) is 2.79. The van der Waals surface area contributed by atoms with Gasteiger partial charge in [0.15, 0.2) is 23.0 Å². The lowest BCUT2D eigenvalue weighted by Gasteiger charge is -2.16. The second-order valence-electron chi connectivity index (χ2n) is 6.39. The summed E-state index contributed by atoms with van der Waals surface area (Å²) in [6.07, 6.45) is 1.55. The Morgan fingerprint density at radius 1 is 1.06 bits per heavy atom. The minimum atomic E-state index is -0.461. The number of carbonyl (C=O) groups excluding carboxylic acids is 1. The monoisotopic (exact) mass is 434 g/mol. The molecule has 0 atom stereocenters. The van der Waals surface area contributed by atoms with E-state index in [9.17, 15) is 9.90 Å². The van der Waals surface area contributed by atoms with E-state index in [1.807, 2.05) is 18.2 Å². The number of pyridine rings is 1. The van der Waals surface area contributed by atoms with Gasteiger partial charge in [0, 0.05) is 17.4 Å². The van der Waals surface area contributed by atoms with Crippen molar-refractivity contribution in [2.24, 2.45) is 0 Å². The van der Waals surface area contributed by atoms with Gasteiger partial charge in [-0.3, -0.25) is 0 Å². The smallest absolute Gasteiger partial charge is 0.337 e. The summed E-state index contributed by atoms with van der Waals surface area (Å²) in [6.45, 7) is 0. The standard InChI is InChI=1S/C21H18N6O3S/c1-30-17-9-7-14(11-16(17)28)23-18-12-22-15-8-10-19(26-20(15)25-18)27(31)21(29)24-13-5-3-2-4-6-13/h2-12,28,31H,1H3,(H,24,29)(H,23,25,26). The Hall–Kier alpha value is -4.05. The largest absolute Gasteiger partial charge is 0.504 e. The quantitative estimate of drug-likeness (QED) is 0.345. The Bertz CT molecular complexity index is 1240. The number of urea groups is 1. The highest BCUT2D eigenvalue weighted by Crippen LogP contribution is 2.30. The average molecular weight is 434 g/mol. The third-order valence-corrected chi connectivity index (χ3v) is 4.66. The van der Waals surface area contributed by atoms with Gasteiger partial charge in [-0.1, -0.05) is 31.0 Å².